The second kappa shape index (κ2) is 9.01. The van der Waals surface area contributed by atoms with Crippen LogP contribution in [-0.2, 0) is 6.54 Å². The monoisotopic (exact) mass is 476 g/mol. The Morgan fingerprint density at radius 3 is 2.71 bits per heavy atom. The average Bonchev–Trinajstić information content (AvgIpc) is 2.85. The number of hydrogen-bond donors (Lipinski definition) is 2. The minimum atomic E-state index is 0. The topological polar surface area (TPSA) is 63.3 Å². The van der Waals surface area contributed by atoms with Crippen LogP contribution in [0, 0.1) is 12.8 Å². The lowest BCUT2D eigenvalue weighted by Gasteiger charge is -2.25. The predicted octanol–water partition coefficient (Wildman–Crippen LogP) is 4.59. The van der Waals surface area contributed by atoms with Crippen molar-refractivity contribution in [2.75, 3.05) is 6.54 Å². The van der Waals surface area contributed by atoms with Crippen molar-refractivity contribution in [3.8, 4) is 11.3 Å². The van der Waals surface area contributed by atoms with Gasteiger partial charge in [-0.05, 0) is 37.8 Å². The summed E-state index contributed by atoms with van der Waals surface area (Å²) in [6.45, 7) is 3.53. The fourth-order valence-corrected chi connectivity index (χ4v) is 3.55. The predicted molar refractivity (Wildman–Crippen MR) is 113 cm³/mol. The largest absolute Gasteiger partial charge is 0.370 e. The summed E-state index contributed by atoms with van der Waals surface area (Å²) in [4.78, 5) is 10.3. The summed E-state index contributed by atoms with van der Waals surface area (Å²) in [6, 6.07) is 7.75. The highest BCUT2D eigenvalue weighted by molar-refractivity contribution is 14.0. The molecule has 1 aliphatic carbocycles. The van der Waals surface area contributed by atoms with E-state index in [-0.39, 0.29) is 24.0 Å². The maximum Gasteiger partial charge on any atom is 0.189 e. The maximum absolute atomic E-state index is 5.94. The van der Waals surface area contributed by atoms with Gasteiger partial charge >= 0.3 is 0 Å². The van der Waals surface area contributed by atoms with Crippen LogP contribution < -0.4 is 11.1 Å². The molecule has 4 nitrogen and oxygen atoms in total. The first-order valence-electron chi connectivity index (χ1n) is 7.88. The van der Waals surface area contributed by atoms with E-state index in [1.807, 2.05) is 24.3 Å². The molecule has 0 bridgehead atoms. The molecular formula is C17H22ClIN4S. The van der Waals surface area contributed by atoms with Gasteiger partial charge in [0.15, 0.2) is 5.96 Å². The van der Waals surface area contributed by atoms with E-state index in [0.29, 0.717) is 12.5 Å². The van der Waals surface area contributed by atoms with Gasteiger partial charge in [-0.25, -0.2) is 9.98 Å². The lowest BCUT2D eigenvalue weighted by Crippen LogP contribution is -2.37. The molecule has 1 saturated carbocycles. The standard InChI is InChI=1S/C17H21ClN4S.HI/c1-11-16(13-5-7-14(18)8-6-13)22-15(23-11)10-21-17(19)20-9-12-3-2-4-12;/h5-8,12H,2-4,9-10H2,1H3,(H3,19,20,21);1H. The molecule has 0 aliphatic heterocycles. The molecule has 1 aliphatic rings. The third kappa shape index (κ3) is 5.07. The minimum absolute atomic E-state index is 0. The van der Waals surface area contributed by atoms with Crippen LogP contribution in [0.25, 0.3) is 11.3 Å². The molecule has 1 heterocycles. The van der Waals surface area contributed by atoms with Crippen molar-refractivity contribution >= 4 is 52.9 Å². The van der Waals surface area contributed by atoms with E-state index in [0.717, 1.165) is 33.8 Å². The highest BCUT2D eigenvalue weighted by Gasteiger charge is 2.16. The number of nitrogens with zero attached hydrogens (tertiary/aromatic N) is 2. The normalized spacial score (nSPS) is 14.8. The highest BCUT2D eigenvalue weighted by Crippen LogP contribution is 2.28. The molecule has 0 saturated heterocycles. The first kappa shape index (κ1) is 19.5. The molecule has 0 unspecified atom stereocenters. The van der Waals surface area contributed by atoms with Crippen LogP contribution >= 0.6 is 46.9 Å². The van der Waals surface area contributed by atoms with Crippen molar-refractivity contribution in [1.82, 2.24) is 10.3 Å². The van der Waals surface area contributed by atoms with E-state index in [1.165, 1.54) is 24.1 Å². The maximum atomic E-state index is 5.94. The number of hydrogen-bond acceptors (Lipinski definition) is 3. The first-order chi connectivity index (χ1) is 11.1. The summed E-state index contributed by atoms with van der Waals surface area (Å²) in [7, 11) is 0. The zero-order valence-corrected chi connectivity index (χ0v) is 17.5. The van der Waals surface area contributed by atoms with E-state index in [2.05, 4.69) is 22.2 Å². The van der Waals surface area contributed by atoms with Crippen molar-refractivity contribution in [3.63, 3.8) is 0 Å². The smallest absolute Gasteiger partial charge is 0.189 e. The molecule has 0 amide bonds. The van der Waals surface area contributed by atoms with Gasteiger partial charge in [-0.3, -0.25) is 0 Å². The Bertz CT molecular complexity index is 695. The fraction of sp³-hybridized carbons (Fsp3) is 0.412. The van der Waals surface area contributed by atoms with Crippen LogP contribution in [0.2, 0.25) is 5.02 Å². The van der Waals surface area contributed by atoms with Crippen molar-refractivity contribution in [2.45, 2.75) is 32.7 Å². The lowest BCUT2D eigenvalue weighted by atomic mass is 9.85. The zero-order valence-electron chi connectivity index (χ0n) is 13.6. The van der Waals surface area contributed by atoms with E-state index < -0.39 is 0 Å². The Labute approximate surface area is 168 Å². The number of rotatable bonds is 5. The number of benzene rings is 1. The van der Waals surface area contributed by atoms with Gasteiger partial charge in [0, 0.05) is 22.0 Å². The van der Waals surface area contributed by atoms with Gasteiger partial charge in [-0.15, -0.1) is 35.3 Å². The number of nitrogens with one attached hydrogen (secondary N) is 1. The fourth-order valence-electron chi connectivity index (χ4n) is 2.55. The molecule has 1 aromatic carbocycles. The molecule has 0 spiro atoms. The quantitative estimate of drug-likeness (QED) is 0.377. The molecule has 0 atom stereocenters. The van der Waals surface area contributed by atoms with Crippen molar-refractivity contribution < 1.29 is 0 Å². The summed E-state index contributed by atoms with van der Waals surface area (Å²) in [5, 5.41) is 4.91. The molecule has 0 radical (unpaired) electrons. The first-order valence-corrected chi connectivity index (χ1v) is 9.07. The molecule has 3 rings (SSSR count). The summed E-state index contributed by atoms with van der Waals surface area (Å²) >= 11 is 7.60. The third-order valence-electron chi connectivity index (χ3n) is 4.14. The third-order valence-corrected chi connectivity index (χ3v) is 5.35. The molecule has 24 heavy (non-hydrogen) atoms. The van der Waals surface area contributed by atoms with Crippen LogP contribution in [0.3, 0.4) is 0 Å². The summed E-state index contributed by atoms with van der Waals surface area (Å²) < 4.78 is 0. The highest BCUT2D eigenvalue weighted by atomic mass is 127. The van der Waals surface area contributed by atoms with Crippen LogP contribution in [0.15, 0.2) is 29.3 Å². The van der Waals surface area contributed by atoms with Gasteiger partial charge in [0.1, 0.15) is 5.01 Å². The van der Waals surface area contributed by atoms with E-state index in [9.17, 15) is 0 Å². The van der Waals surface area contributed by atoms with Gasteiger partial charge in [0.2, 0.25) is 0 Å². The van der Waals surface area contributed by atoms with Gasteiger partial charge in [0.25, 0.3) is 0 Å². The molecule has 130 valence electrons. The molecule has 1 aromatic heterocycles. The Hall–Kier alpha value is -0.860. The minimum Gasteiger partial charge on any atom is -0.370 e. The number of guanidine groups is 1. The summed E-state index contributed by atoms with van der Waals surface area (Å²) in [5.74, 6) is 1.28. The van der Waals surface area contributed by atoms with Crippen LogP contribution in [0.1, 0.15) is 29.1 Å². The Morgan fingerprint density at radius 1 is 1.38 bits per heavy atom. The molecule has 3 N–H and O–H groups in total. The number of aromatic nitrogens is 1. The second-order valence-corrected chi connectivity index (χ2v) is 7.62. The van der Waals surface area contributed by atoms with Crippen molar-refractivity contribution in [3.05, 3.63) is 39.2 Å². The van der Waals surface area contributed by atoms with E-state index in [1.54, 1.807) is 11.3 Å². The molecule has 7 heteroatoms. The average molecular weight is 477 g/mol. The Kier molecular flexibility index (Phi) is 7.31. The molecule has 2 aromatic rings. The number of halogens is 2. The number of aryl methyl sites for hydroxylation is 1. The summed E-state index contributed by atoms with van der Waals surface area (Å²) in [6.07, 6.45) is 3.95. The number of aliphatic imine (C=N–C) groups is 1. The van der Waals surface area contributed by atoms with Gasteiger partial charge in [-0.1, -0.05) is 30.2 Å². The zero-order chi connectivity index (χ0) is 16.2. The van der Waals surface area contributed by atoms with E-state index >= 15 is 0 Å². The number of nitrogens with two attached hydrogens (primary N) is 1. The number of thiazole rings is 1. The van der Waals surface area contributed by atoms with Crippen molar-refractivity contribution in [1.29, 1.82) is 0 Å². The van der Waals surface area contributed by atoms with Gasteiger partial charge < -0.3 is 11.1 Å². The Morgan fingerprint density at radius 2 is 2.08 bits per heavy atom. The van der Waals surface area contributed by atoms with E-state index in [4.69, 9.17) is 17.3 Å². The van der Waals surface area contributed by atoms with Crippen LogP contribution in [0.4, 0.5) is 0 Å². The molecular weight excluding hydrogens is 455 g/mol. The lowest BCUT2D eigenvalue weighted by molar-refractivity contribution is 0.315. The van der Waals surface area contributed by atoms with Crippen molar-refractivity contribution in [2.24, 2.45) is 16.6 Å². The van der Waals surface area contributed by atoms with Crippen LogP contribution in [0.5, 0.6) is 0 Å². The summed E-state index contributed by atoms with van der Waals surface area (Å²) in [5.41, 5.74) is 8.00. The van der Waals surface area contributed by atoms with Gasteiger partial charge in [-0.2, -0.15) is 0 Å². The van der Waals surface area contributed by atoms with Gasteiger partial charge in [0.05, 0.1) is 12.2 Å². The molecule has 1 fully saturated rings. The van der Waals surface area contributed by atoms with Crippen LogP contribution in [-0.4, -0.2) is 17.5 Å². The second-order valence-electron chi connectivity index (χ2n) is 5.90. The SMILES string of the molecule is Cc1sc(CN=C(N)NCC2CCC2)nc1-c1ccc(Cl)cc1.I. The Balaban J connectivity index is 0.00000208.